The molecule has 4 rings (SSSR count). The topological polar surface area (TPSA) is 55.6 Å². The van der Waals surface area contributed by atoms with Crippen molar-refractivity contribution in [2.75, 3.05) is 5.32 Å². The average molecular weight is 345 g/mol. The molecule has 8 heteroatoms. The summed E-state index contributed by atoms with van der Waals surface area (Å²) in [7, 11) is 0. The Labute approximate surface area is 140 Å². The smallest absolute Gasteiger partial charge is 0.320 e. The van der Waals surface area contributed by atoms with Crippen molar-refractivity contribution >= 4 is 38.4 Å². The van der Waals surface area contributed by atoms with Crippen LogP contribution >= 0.6 is 11.3 Å². The Bertz CT molecular complexity index is 1010. The van der Waals surface area contributed by atoms with E-state index in [1.54, 1.807) is 31.2 Å². The minimum atomic E-state index is -2.66. The molecule has 0 amide bonds. The number of hydrogen-bond acceptors (Lipinski definition) is 5. The number of fused-ring (bicyclic) bond motifs is 2. The number of rotatable bonds is 4. The van der Waals surface area contributed by atoms with Crippen LogP contribution in [0.15, 0.2) is 42.0 Å². The van der Waals surface area contributed by atoms with Gasteiger partial charge in [0.1, 0.15) is 18.0 Å². The minimum Gasteiger partial charge on any atom is -0.359 e. The molecule has 0 fully saturated rings. The molecular formula is C16H13F2N5S. The predicted octanol–water partition coefficient (Wildman–Crippen LogP) is 4.61. The van der Waals surface area contributed by atoms with Gasteiger partial charge in [0.05, 0.1) is 27.3 Å². The highest BCUT2D eigenvalue weighted by atomic mass is 32.1. The summed E-state index contributed by atoms with van der Waals surface area (Å²) in [5.74, 6) is 0.893. The maximum absolute atomic E-state index is 13.6. The average Bonchev–Trinajstić information content (AvgIpc) is 3.19. The number of nitrogens with zero attached hydrogens (tertiary/aromatic N) is 4. The number of alkyl halides is 2. The zero-order valence-electron chi connectivity index (χ0n) is 12.6. The molecule has 24 heavy (non-hydrogen) atoms. The molecule has 0 aliphatic carbocycles. The van der Waals surface area contributed by atoms with Gasteiger partial charge in [-0.1, -0.05) is 12.1 Å². The molecule has 0 saturated heterocycles. The van der Waals surface area contributed by atoms with Gasteiger partial charge in [-0.15, -0.1) is 11.3 Å². The zero-order valence-corrected chi connectivity index (χ0v) is 13.5. The molecule has 3 aromatic heterocycles. The van der Waals surface area contributed by atoms with Crippen LogP contribution in [0.1, 0.15) is 25.3 Å². The van der Waals surface area contributed by atoms with Crippen LogP contribution in [0.25, 0.3) is 21.3 Å². The highest BCUT2D eigenvalue weighted by molar-refractivity contribution is 7.17. The predicted molar refractivity (Wildman–Crippen MR) is 90.4 cm³/mol. The molecule has 0 aliphatic heterocycles. The summed E-state index contributed by atoms with van der Waals surface area (Å²) in [6.07, 6.45) is 1.46. The van der Waals surface area contributed by atoms with Gasteiger partial charge in [-0.05, 0) is 30.5 Å². The molecular weight excluding hydrogens is 332 g/mol. The number of thiophene rings is 1. The first kappa shape index (κ1) is 14.9. The zero-order chi connectivity index (χ0) is 16.7. The quantitative estimate of drug-likeness (QED) is 0.587. The van der Waals surface area contributed by atoms with Crippen LogP contribution in [0.4, 0.5) is 14.6 Å². The van der Waals surface area contributed by atoms with Crippen LogP contribution < -0.4 is 5.32 Å². The molecule has 4 aromatic rings. The summed E-state index contributed by atoms with van der Waals surface area (Å²) in [5, 5.41) is 5.11. The lowest BCUT2D eigenvalue weighted by molar-refractivity contribution is 0.0708. The van der Waals surface area contributed by atoms with E-state index in [2.05, 4.69) is 20.3 Å². The van der Waals surface area contributed by atoms with E-state index in [1.807, 2.05) is 11.4 Å². The lowest BCUT2D eigenvalue weighted by Gasteiger charge is -2.16. The van der Waals surface area contributed by atoms with Gasteiger partial charge in [0, 0.05) is 0 Å². The Hall–Kier alpha value is -2.61. The molecule has 1 aromatic carbocycles. The van der Waals surface area contributed by atoms with Crippen molar-refractivity contribution < 1.29 is 8.78 Å². The fraction of sp³-hybridized carbons (Fsp3) is 0.188. The number of anilines is 1. The van der Waals surface area contributed by atoms with Crippen molar-refractivity contribution in [2.45, 2.75) is 19.5 Å². The second kappa shape index (κ2) is 5.79. The van der Waals surface area contributed by atoms with Crippen molar-refractivity contribution in [3.63, 3.8) is 0 Å². The molecule has 0 saturated carbocycles. The Morgan fingerprint density at radius 2 is 1.96 bits per heavy atom. The van der Waals surface area contributed by atoms with Crippen molar-refractivity contribution in [3.8, 4) is 0 Å². The number of para-hydroxylation sites is 2. The first-order valence-corrected chi connectivity index (χ1v) is 8.23. The summed E-state index contributed by atoms with van der Waals surface area (Å²) >= 11 is 1.50. The minimum absolute atomic E-state index is 0.273. The van der Waals surface area contributed by atoms with Gasteiger partial charge in [0.15, 0.2) is 0 Å². The molecule has 1 unspecified atom stereocenters. The fourth-order valence-corrected chi connectivity index (χ4v) is 3.53. The van der Waals surface area contributed by atoms with Crippen molar-refractivity contribution in [3.05, 3.63) is 47.9 Å². The number of benzene rings is 1. The van der Waals surface area contributed by atoms with Gasteiger partial charge in [-0.3, -0.25) is 4.57 Å². The molecule has 0 aliphatic rings. The van der Waals surface area contributed by atoms with Gasteiger partial charge >= 0.3 is 6.55 Å². The summed E-state index contributed by atoms with van der Waals surface area (Å²) in [6, 6.07) is 8.34. The fourth-order valence-electron chi connectivity index (χ4n) is 2.73. The first-order chi connectivity index (χ1) is 11.6. The van der Waals surface area contributed by atoms with E-state index >= 15 is 0 Å². The molecule has 1 N–H and O–H groups in total. The maximum Gasteiger partial charge on any atom is 0.320 e. The molecule has 0 spiro atoms. The van der Waals surface area contributed by atoms with E-state index in [-0.39, 0.29) is 5.82 Å². The van der Waals surface area contributed by atoms with E-state index < -0.39 is 12.6 Å². The normalized spacial score (nSPS) is 13.0. The molecule has 122 valence electrons. The SMILES string of the molecule is CC(Nc1ncnc2ccsc12)c1nc2ccccc2n1C(F)F. The lowest BCUT2D eigenvalue weighted by Crippen LogP contribution is -2.15. The third-order valence-electron chi connectivity index (χ3n) is 3.80. The summed E-state index contributed by atoms with van der Waals surface area (Å²) < 4.78 is 29.0. The van der Waals surface area contributed by atoms with Crippen molar-refractivity contribution in [1.29, 1.82) is 0 Å². The van der Waals surface area contributed by atoms with Crippen LogP contribution in [-0.4, -0.2) is 19.5 Å². The molecule has 3 heterocycles. The molecule has 5 nitrogen and oxygen atoms in total. The summed E-state index contributed by atoms with van der Waals surface area (Å²) in [5.41, 5.74) is 1.79. The number of hydrogen-bond donors (Lipinski definition) is 1. The summed E-state index contributed by atoms with van der Waals surface area (Å²) in [4.78, 5) is 12.8. The Balaban J connectivity index is 1.77. The van der Waals surface area contributed by atoms with Crippen LogP contribution in [0.5, 0.6) is 0 Å². The van der Waals surface area contributed by atoms with E-state index in [9.17, 15) is 8.78 Å². The summed E-state index contributed by atoms with van der Waals surface area (Å²) in [6.45, 7) is -0.870. The third-order valence-corrected chi connectivity index (χ3v) is 4.71. The Morgan fingerprint density at radius 1 is 1.12 bits per heavy atom. The van der Waals surface area contributed by atoms with E-state index in [0.29, 0.717) is 16.9 Å². The second-order valence-corrected chi connectivity index (χ2v) is 6.25. The van der Waals surface area contributed by atoms with Crippen molar-refractivity contribution in [1.82, 2.24) is 19.5 Å². The highest BCUT2D eigenvalue weighted by Gasteiger charge is 2.22. The Kier molecular flexibility index (Phi) is 3.61. The maximum atomic E-state index is 13.6. The highest BCUT2D eigenvalue weighted by Crippen LogP contribution is 2.31. The second-order valence-electron chi connectivity index (χ2n) is 5.33. The van der Waals surface area contributed by atoms with Gasteiger partial charge in [-0.2, -0.15) is 8.78 Å². The number of nitrogens with one attached hydrogen (secondary N) is 1. The van der Waals surface area contributed by atoms with Gasteiger partial charge in [-0.25, -0.2) is 15.0 Å². The molecule has 1 atom stereocenters. The van der Waals surface area contributed by atoms with Crippen molar-refractivity contribution in [2.24, 2.45) is 0 Å². The van der Waals surface area contributed by atoms with E-state index in [4.69, 9.17) is 0 Å². The Morgan fingerprint density at radius 3 is 2.79 bits per heavy atom. The lowest BCUT2D eigenvalue weighted by atomic mass is 10.3. The van der Waals surface area contributed by atoms with Crippen LogP contribution in [-0.2, 0) is 0 Å². The molecule has 0 bridgehead atoms. The van der Waals surface area contributed by atoms with Crippen LogP contribution in [0.3, 0.4) is 0 Å². The van der Waals surface area contributed by atoms with Gasteiger partial charge in [0.25, 0.3) is 0 Å². The van der Waals surface area contributed by atoms with Crippen LogP contribution in [0, 0.1) is 0 Å². The number of halogens is 2. The van der Waals surface area contributed by atoms with E-state index in [1.165, 1.54) is 17.7 Å². The molecule has 0 radical (unpaired) electrons. The first-order valence-electron chi connectivity index (χ1n) is 7.35. The largest absolute Gasteiger partial charge is 0.359 e. The number of imidazole rings is 1. The van der Waals surface area contributed by atoms with E-state index in [0.717, 1.165) is 14.8 Å². The third kappa shape index (κ3) is 2.39. The number of aromatic nitrogens is 4. The van der Waals surface area contributed by atoms with Gasteiger partial charge < -0.3 is 5.32 Å². The standard InChI is InChI=1S/C16H13F2N5S/c1-9(21-14-13-11(6-7-24-13)19-8-20-14)15-22-10-4-2-3-5-12(10)23(15)16(17)18/h2-9,16H,1H3,(H,19,20,21). The van der Waals surface area contributed by atoms with Gasteiger partial charge in [0.2, 0.25) is 0 Å². The van der Waals surface area contributed by atoms with Crippen LogP contribution in [0.2, 0.25) is 0 Å². The monoisotopic (exact) mass is 345 g/mol.